The van der Waals surface area contributed by atoms with Gasteiger partial charge in [-0.1, -0.05) is 67.4 Å². The molecule has 1 saturated carbocycles. The van der Waals surface area contributed by atoms with Crippen LogP contribution in [-0.4, -0.2) is 102 Å². The zero-order chi connectivity index (χ0) is 40.0. The average molecular weight is 824 g/mol. The van der Waals surface area contributed by atoms with Gasteiger partial charge in [-0.3, -0.25) is 9.69 Å². The summed E-state index contributed by atoms with van der Waals surface area (Å²) >= 11 is 14.4. The van der Waals surface area contributed by atoms with E-state index in [0.29, 0.717) is 34.0 Å². The molecule has 2 fully saturated rings. The van der Waals surface area contributed by atoms with Crippen LogP contribution < -0.4 is 4.74 Å². The number of amides is 3. The van der Waals surface area contributed by atoms with Crippen LogP contribution in [0.15, 0.2) is 30.0 Å². The Morgan fingerprint density at radius 1 is 0.944 bits per heavy atom. The molecule has 0 N–H and O–H groups in total. The fraction of sp³-hybridized carbons (Fsp3) is 0.641. The molecule has 11 nitrogen and oxygen atoms in total. The van der Waals surface area contributed by atoms with Gasteiger partial charge in [0, 0.05) is 37.4 Å². The minimum atomic E-state index is -1.95. The van der Waals surface area contributed by atoms with E-state index in [1.165, 1.54) is 11.3 Å². The van der Waals surface area contributed by atoms with Crippen LogP contribution in [0, 0.1) is 0 Å². The Labute approximate surface area is 335 Å². The first-order chi connectivity index (χ1) is 25.0. The van der Waals surface area contributed by atoms with Crippen molar-refractivity contribution in [3.63, 3.8) is 0 Å². The van der Waals surface area contributed by atoms with E-state index >= 15 is 4.79 Å². The number of benzene rings is 1. The number of piperazine rings is 1. The van der Waals surface area contributed by atoms with Crippen LogP contribution in [0.3, 0.4) is 0 Å². The third-order valence-corrected chi connectivity index (χ3v) is 16.5. The van der Waals surface area contributed by atoms with Crippen LogP contribution in [-0.2, 0) is 25.2 Å². The molecular formula is C39H56Cl2N4O7SSi. The van der Waals surface area contributed by atoms with E-state index in [-0.39, 0.29) is 43.0 Å². The zero-order valence-corrected chi connectivity index (χ0v) is 36.8. The Morgan fingerprint density at radius 2 is 1.59 bits per heavy atom. The third kappa shape index (κ3) is 10.1. The van der Waals surface area contributed by atoms with Crippen molar-refractivity contribution in [3.05, 3.63) is 50.5 Å². The Hall–Kier alpha value is -2.84. The highest BCUT2D eigenvalue weighted by molar-refractivity contribution is 7.14. The number of carbonyl (C=O) groups excluding carboxylic acids is 3. The monoisotopic (exact) mass is 822 g/mol. The normalized spacial score (nSPS) is 19.5. The van der Waals surface area contributed by atoms with Crippen LogP contribution in [0.25, 0.3) is 5.57 Å². The van der Waals surface area contributed by atoms with Crippen LogP contribution in [0.2, 0.25) is 28.2 Å². The lowest BCUT2D eigenvalue weighted by Gasteiger charge is -2.51. The number of fused-ring (bicyclic) bond motifs is 2. The molecule has 3 amide bonds. The molecular weight excluding hydrogens is 768 g/mol. The summed E-state index contributed by atoms with van der Waals surface area (Å²) in [6.45, 7) is 23.1. The number of ether oxygens (including phenoxy) is 3. The molecule has 2 aliphatic heterocycles. The van der Waals surface area contributed by atoms with Crippen LogP contribution in [0.4, 0.5) is 9.59 Å². The second kappa shape index (κ2) is 16.0. The predicted molar refractivity (Wildman–Crippen MR) is 216 cm³/mol. The number of halogens is 2. The first-order valence-electron chi connectivity index (χ1n) is 18.6. The molecule has 2 aromatic rings. The van der Waals surface area contributed by atoms with E-state index in [2.05, 4.69) is 38.8 Å². The summed E-state index contributed by atoms with van der Waals surface area (Å²) in [4.78, 5) is 53.3. The molecule has 298 valence electrons. The zero-order valence-electron chi connectivity index (χ0n) is 33.5. The number of thiazole rings is 1. The van der Waals surface area contributed by atoms with E-state index in [1.807, 2.05) is 58.6 Å². The van der Waals surface area contributed by atoms with Gasteiger partial charge >= 0.3 is 12.2 Å². The van der Waals surface area contributed by atoms with E-state index < -0.39 is 43.8 Å². The summed E-state index contributed by atoms with van der Waals surface area (Å²) in [6.07, 6.45) is 2.62. The Balaban J connectivity index is 1.56. The molecule has 15 heteroatoms. The molecule has 3 aliphatic rings. The summed E-state index contributed by atoms with van der Waals surface area (Å²) in [5, 5.41) is 1.33. The SMILES string of the molecule is CC(C)(C)OC(=O)N1CC2CC(c3cnc(OCCO[Si](C)(C)C(C)(C)C)s3)=C(C(=O)N(Cc3cccc(Cl)c3Cl)C3CC3)[C@@H](C1)N2C(=O)OC(C)(C)C. The molecule has 2 atom stereocenters. The fourth-order valence-electron chi connectivity index (χ4n) is 6.35. The Morgan fingerprint density at radius 3 is 2.20 bits per heavy atom. The molecule has 1 aromatic heterocycles. The second-order valence-electron chi connectivity index (χ2n) is 17.9. The van der Waals surface area contributed by atoms with Crippen molar-refractivity contribution >= 4 is 66.5 Å². The summed E-state index contributed by atoms with van der Waals surface area (Å²) in [6, 6.07) is 4.04. The smallest absolute Gasteiger partial charge is 0.411 e. The quantitative estimate of drug-likeness (QED) is 0.172. The topological polar surface area (TPSA) is 111 Å². The van der Waals surface area contributed by atoms with Crippen molar-refractivity contribution in [1.82, 2.24) is 19.7 Å². The number of hydrogen-bond acceptors (Lipinski definition) is 9. The van der Waals surface area contributed by atoms with Gasteiger partial charge in [-0.25, -0.2) is 14.6 Å². The number of rotatable bonds is 10. The Bertz CT molecular complexity index is 1760. The summed E-state index contributed by atoms with van der Waals surface area (Å²) in [5.74, 6) is -0.245. The number of nitrogens with zero attached hydrogens (tertiary/aromatic N) is 4. The van der Waals surface area contributed by atoms with Gasteiger partial charge < -0.3 is 28.4 Å². The molecule has 5 rings (SSSR count). The van der Waals surface area contributed by atoms with Gasteiger partial charge in [-0.15, -0.1) is 0 Å². The molecule has 1 unspecified atom stereocenters. The molecule has 2 bridgehead atoms. The van der Waals surface area contributed by atoms with Gasteiger partial charge in [0.2, 0.25) is 0 Å². The minimum absolute atomic E-state index is 0.0270. The lowest BCUT2D eigenvalue weighted by Crippen LogP contribution is -2.66. The van der Waals surface area contributed by atoms with E-state index in [1.54, 1.807) is 22.1 Å². The van der Waals surface area contributed by atoms with Crippen molar-refractivity contribution in [3.8, 4) is 5.19 Å². The van der Waals surface area contributed by atoms with Crippen LogP contribution in [0.5, 0.6) is 5.19 Å². The average Bonchev–Trinajstić information content (AvgIpc) is 3.77. The summed E-state index contributed by atoms with van der Waals surface area (Å²) < 4.78 is 24.1. The number of aromatic nitrogens is 1. The number of hydrogen-bond donors (Lipinski definition) is 0. The van der Waals surface area contributed by atoms with Crippen molar-refractivity contribution in [2.75, 3.05) is 26.3 Å². The Kier molecular flexibility index (Phi) is 12.5. The molecule has 1 saturated heterocycles. The third-order valence-electron chi connectivity index (χ3n) is 10.1. The standard InChI is InChI=1S/C39H56Cl2N4O7SSi/c1-37(2,3)51-35(47)43-22-26-19-27(30-20-42-34(53-30)49-17-18-50-54(10,11)39(7,8)9)31(29(23-43)45(26)36(48)52-38(4,5)6)33(46)44(25-15-16-25)21-24-13-12-14-28(40)32(24)41/h12-14,20,25-26,29H,15-19,21-23H2,1-11H3/t26?,29-/m1/s1. The fourth-order valence-corrected chi connectivity index (χ4v) is 8.61. The maximum atomic E-state index is 15.2. The maximum Gasteiger partial charge on any atom is 0.411 e. The van der Waals surface area contributed by atoms with Gasteiger partial charge in [-0.2, -0.15) is 0 Å². The number of carbonyl (C=O) groups is 3. The molecule has 0 spiro atoms. The van der Waals surface area contributed by atoms with Crippen molar-refractivity contribution in [2.24, 2.45) is 0 Å². The minimum Gasteiger partial charge on any atom is -0.468 e. The lowest BCUT2D eigenvalue weighted by atomic mass is 9.83. The lowest BCUT2D eigenvalue weighted by molar-refractivity contribution is -0.129. The van der Waals surface area contributed by atoms with E-state index in [4.69, 9.17) is 41.8 Å². The van der Waals surface area contributed by atoms with Crippen LogP contribution in [0.1, 0.15) is 92.0 Å². The predicted octanol–water partition coefficient (Wildman–Crippen LogP) is 9.42. The largest absolute Gasteiger partial charge is 0.468 e. The molecule has 54 heavy (non-hydrogen) atoms. The highest BCUT2D eigenvalue weighted by Gasteiger charge is 2.51. The molecule has 0 radical (unpaired) electrons. The van der Waals surface area contributed by atoms with Gasteiger partial charge in [0.25, 0.3) is 11.1 Å². The maximum absolute atomic E-state index is 15.2. The van der Waals surface area contributed by atoms with Crippen molar-refractivity contribution in [2.45, 2.75) is 136 Å². The summed E-state index contributed by atoms with van der Waals surface area (Å²) in [7, 11) is -1.95. The molecule has 3 heterocycles. The highest BCUT2D eigenvalue weighted by Crippen LogP contribution is 2.44. The first kappa shape index (κ1) is 42.3. The van der Waals surface area contributed by atoms with Gasteiger partial charge in [0.1, 0.15) is 17.8 Å². The molecule has 1 aromatic carbocycles. The summed E-state index contributed by atoms with van der Waals surface area (Å²) in [5.41, 5.74) is 0.378. The van der Waals surface area contributed by atoms with E-state index in [9.17, 15) is 9.59 Å². The van der Waals surface area contributed by atoms with Gasteiger partial charge in [0.15, 0.2) is 8.32 Å². The second-order valence-corrected chi connectivity index (χ2v) is 24.5. The van der Waals surface area contributed by atoms with Gasteiger partial charge in [0.05, 0.1) is 33.6 Å². The molecule has 1 aliphatic carbocycles. The highest BCUT2D eigenvalue weighted by atomic mass is 35.5. The first-order valence-corrected chi connectivity index (χ1v) is 23.1. The van der Waals surface area contributed by atoms with Crippen LogP contribution >= 0.6 is 34.5 Å². The van der Waals surface area contributed by atoms with Crippen molar-refractivity contribution in [1.29, 1.82) is 0 Å². The van der Waals surface area contributed by atoms with Crippen molar-refractivity contribution < 1.29 is 33.0 Å². The van der Waals surface area contributed by atoms with E-state index in [0.717, 1.165) is 28.9 Å². The van der Waals surface area contributed by atoms with Gasteiger partial charge in [-0.05, 0) is 96.1 Å².